The lowest BCUT2D eigenvalue weighted by molar-refractivity contribution is -0.159. The quantitative estimate of drug-likeness (QED) is 0.602. The van der Waals surface area contributed by atoms with Crippen molar-refractivity contribution in [2.45, 2.75) is 22.7 Å². The molecule has 7 nitrogen and oxygen atoms in total. The van der Waals surface area contributed by atoms with Crippen LogP contribution in [0.25, 0.3) is 0 Å². The van der Waals surface area contributed by atoms with Gasteiger partial charge in [0.1, 0.15) is 16.1 Å². The van der Waals surface area contributed by atoms with Gasteiger partial charge in [0.15, 0.2) is 10.4 Å². The zero-order chi connectivity index (χ0) is 15.1. The number of aryl methyl sites for hydroxylation is 1. The van der Waals surface area contributed by atoms with Crippen molar-refractivity contribution >= 4 is 46.7 Å². The van der Waals surface area contributed by atoms with E-state index in [1.807, 2.05) is 6.92 Å². The van der Waals surface area contributed by atoms with Crippen LogP contribution >= 0.6 is 34.9 Å². The molecule has 1 aromatic rings. The van der Waals surface area contributed by atoms with Gasteiger partial charge in [0, 0.05) is 11.5 Å². The van der Waals surface area contributed by atoms with E-state index in [-0.39, 0.29) is 5.70 Å². The van der Waals surface area contributed by atoms with Crippen molar-refractivity contribution in [3.05, 3.63) is 16.3 Å². The number of hydrogen-bond acceptors (Lipinski definition) is 8. The van der Waals surface area contributed by atoms with Gasteiger partial charge in [0.25, 0.3) is 5.91 Å². The average Bonchev–Trinajstić information content (AvgIpc) is 2.88. The molecule has 2 atom stereocenters. The zero-order valence-electron chi connectivity index (χ0n) is 10.8. The maximum absolute atomic E-state index is 11.7. The van der Waals surface area contributed by atoms with Crippen molar-refractivity contribution in [2.24, 2.45) is 0 Å². The number of thioether (sulfide) groups is 2. The number of carbonyl (C=O) groups excluding carboxylic acids is 1. The lowest BCUT2D eigenvalue weighted by Crippen LogP contribution is -2.64. The number of β-lactam (4-membered cyclic amide) rings is 1. The molecule has 0 aromatic carbocycles. The molecule has 3 heterocycles. The van der Waals surface area contributed by atoms with Crippen LogP contribution < -0.4 is 0 Å². The number of amides is 1. The standard InChI is InChI=1S/C11H11N3O4S3/c1-4-12-13-11(21-4)20-3-5-2-19-9-7(15)8(16)14(9)6(5)10(17)18/h7,9,15H,2-3H2,1H3,(H,17,18)/t7?,9-/m1/s1. The Morgan fingerprint density at radius 2 is 2.29 bits per heavy atom. The molecule has 2 aliphatic heterocycles. The lowest BCUT2D eigenvalue weighted by Gasteiger charge is -2.47. The number of aliphatic hydroxyl groups excluding tert-OH is 1. The fraction of sp³-hybridized carbons (Fsp3) is 0.455. The van der Waals surface area contributed by atoms with Gasteiger partial charge in [-0.25, -0.2) is 4.79 Å². The fourth-order valence-corrected chi connectivity index (χ4v) is 5.35. The maximum Gasteiger partial charge on any atom is 0.352 e. The van der Waals surface area contributed by atoms with E-state index in [4.69, 9.17) is 0 Å². The van der Waals surface area contributed by atoms with Gasteiger partial charge in [0.2, 0.25) is 0 Å². The van der Waals surface area contributed by atoms with Crippen molar-refractivity contribution in [1.29, 1.82) is 0 Å². The van der Waals surface area contributed by atoms with E-state index in [0.29, 0.717) is 17.1 Å². The summed E-state index contributed by atoms with van der Waals surface area (Å²) in [7, 11) is 0. The summed E-state index contributed by atoms with van der Waals surface area (Å²) in [4.78, 5) is 24.3. The minimum atomic E-state index is -1.13. The molecule has 112 valence electrons. The molecule has 1 unspecified atom stereocenters. The molecule has 1 amide bonds. The summed E-state index contributed by atoms with van der Waals surface area (Å²) in [5, 5.41) is 27.2. The number of aromatic nitrogens is 2. The molecular weight excluding hydrogens is 334 g/mol. The van der Waals surface area contributed by atoms with Gasteiger partial charge in [-0.15, -0.1) is 22.0 Å². The van der Waals surface area contributed by atoms with Gasteiger partial charge < -0.3 is 10.2 Å². The van der Waals surface area contributed by atoms with Crippen molar-refractivity contribution in [1.82, 2.24) is 15.1 Å². The monoisotopic (exact) mass is 345 g/mol. The maximum atomic E-state index is 11.7. The van der Waals surface area contributed by atoms with E-state index in [2.05, 4.69) is 10.2 Å². The van der Waals surface area contributed by atoms with E-state index in [0.717, 1.165) is 9.35 Å². The third-order valence-corrected chi connectivity index (χ3v) is 6.48. The van der Waals surface area contributed by atoms with Crippen molar-refractivity contribution < 1.29 is 19.8 Å². The summed E-state index contributed by atoms with van der Waals surface area (Å²) in [6, 6.07) is 0. The van der Waals surface area contributed by atoms with Crippen LogP contribution in [0.5, 0.6) is 0 Å². The Morgan fingerprint density at radius 1 is 1.52 bits per heavy atom. The lowest BCUT2D eigenvalue weighted by atomic mass is 10.1. The number of hydrogen-bond donors (Lipinski definition) is 2. The molecule has 0 radical (unpaired) electrons. The van der Waals surface area contributed by atoms with Crippen molar-refractivity contribution in [2.75, 3.05) is 11.5 Å². The van der Waals surface area contributed by atoms with Crippen LogP contribution in [0, 0.1) is 6.92 Å². The number of fused-ring (bicyclic) bond motifs is 1. The SMILES string of the molecule is Cc1nnc(SCC2=C(C(=O)O)N3C(=O)C(O)[C@H]3SC2)s1. The first-order chi connectivity index (χ1) is 9.99. The van der Waals surface area contributed by atoms with E-state index in [1.54, 1.807) is 0 Å². The van der Waals surface area contributed by atoms with Crippen LogP contribution in [0.3, 0.4) is 0 Å². The summed E-state index contributed by atoms with van der Waals surface area (Å²) in [6.45, 7) is 1.85. The molecular formula is C11H11N3O4S3. The van der Waals surface area contributed by atoms with Gasteiger partial charge in [-0.3, -0.25) is 9.69 Å². The van der Waals surface area contributed by atoms with Crippen LogP contribution in [-0.4, -0.2) is 60.2 Å². The molecule has 21 heavy (non-hydrogen) atoms. The van der Waals surface area contributed by atoms with Crippen LogP contribution in [-0.2, 0) is 9.59 Å². The molecule has 0 spiro atoms. The highest BCUT2D eigenvalue weighted by atomic mass is 32.2. The third kappa shape index (κ3) is 2.56. The Balaban J connectivity index is 1.81. The van der Waals surface area contributed by atoms with E-state index in [1.165, 1.54) is 39.8 Å². The second-order valence-electron chi connectivity index (χ2n) is 4.49. The molecule has 0 saturated carbocycles. The molecule has 2 N–H and O–H groups in total. The van der Waals surface area contributed by atoms with E-state index >= 15 is 0 Å². The molecule has 1 saturated heterocycles. The highest BCUT2D eigenvalue weighted by Gasteiger charge is 2.52. The first kappa shape index (κ1) is 14.8. The second kappa shape index (κ2) is 5.59. The van der Waals surface area contributed by atoms with Gasteiger partial charge in [0.05, 0.1) is 0 Å². The van der Waals surface area contributed by atoms with Gasteiger partial charge in [-0.05, 0) is 12.5 Å². The smallest absolute Gasteiger partial charge is 0.352 e. The Hall–Kier alpha value is -1.10. The highest BCUT2D eigenvalue weighted by molar-refractivity contribution is 8.01. The predicted octanol–water partition coefficient (Wildman–Crippen LogP) is 0.553. The van der Waals surface area contributed by atoms with Gasteiger partial charge >= 0.3 is 5.97 Å². The largest absolute Gasteiger partial charge is 0.477 e. The van der Waals surface area contributed by atoms with Gasteiger partial charge in [-0.2, -0.15) is 0 Å². The summed E-state index contributed by atoms with van der Waals surface area (Å²) >= 11 is 4.24. The number of aliphatic hydroxyl groups is 1. The Kier molecular flexibility index (Phi) is 3.95. The predicted molar refractivity (Wildman–Crippen MR) is 79.1 cm³/mol. The molecule has 0 aliphatic carbocycles. The summed E-state index contributed by atoms with van der Waals surface area (Å²) in [5.41, 5.74) is 0.671. The van der Waals surface area contributed by atoms with Crippen LogP contribution in [0.4, 0.5) is 0 Å². The summed E-state index contributed by atoms with van der Waals surface area (Å²) < 4.78 is 0.770. The summed E-state index contributed by atoms with van der Waals surface area (Å²) in [6.07, 6.45) is -1.09. The number of carboxylic acid groups (broad SMARTS) is 1. The Bertz CT molecular complexity index is 644. The van der Waals surface area contributed by atoms with Crippen molar-refractivity contribution in [3.63, 3.8) is 0 Å². The number of carboxylic acids is 1. The molecule has 2 aliphatic rings. The van der Waals surface area contributed by atoms with E-state index < -0.39 is 23.4 Å². The minimum absolute atomic E-state index is 0.00258. The average molecular weight is 345 g/mol. The third-order valence-electron chi connectivity index (χ3n) is 3.10. The first-order valence-corrected chi connectivity index (χ1v) is 8.85. The fourth-order valence-electron chi connectivity index (χ4n) is 2.13. The number of aliphatic carboxylic acids is 1. The normalized spacial score (nSPS) is 24.9. The Labute approximate surface area is 132 Å². The molecule has 10 heteroatoms. The summed E-state index contributed by atoms with van der Waals surface area (Å²) in [5.74, 6) is -0.753. The van der Waals surface area contributed by atoms with Crippen LogP contribution in [0.1, 0.15) is 5.01 Å². The highest BCUT2D eigenvalue weighted by Crippen LogP contribution is 2.41. The van der Waals surface area contributed by atoms with Crippen LogP contribution in [0.15, 0.2) is 15.6 Å². The topological polar surface area (TPSA) is 104 Å². The zero-order valence-corrected chi connectivity index (χ0v) is 13.3. The number of nitrogens with zero attached hydrogens (tertiary/aromatic N) is 3. The van der Waals surface area contributed by atoms with E-state index in [9.17, 15) is 19.8 Å². The Morgan fingerprint density at radius 3 is 2.90 bits per heavy atom. The number of rotatable bonds is 4. The molecule has 1 fully saturated rings. The van der Waals surface area contributed by atoms with Crippen molar-refractivity contribution in [3.8, 4) is 0 Å². The van der Waals surface area contributed by atoms with Gasteiger partial charge in [-0.1, -0.05) is 23.1 Å². The molecule has 3 rings (SSSR count). The number of carbonyl (C=O) groups is 2. The first-order valence-electron chi connectivity index (χ1n) is 6.00. The van der Waals surface area contributed by atoms with Crippen LogP contribution in [0.2, 0.25) is 0 Å². The molecule has 1 aromatic heterocycles. The molecule has 0 bridgehead atoms. The second-order valence-corrected chi connectivity index (χ2v) is 8.00. The minimum Gasteiger partial charge on any atom is -0.477 e.